The Bertz CT molecular complexity index is 1610. The second kappa shape index (κ2) is 9.70. The third-order valence-electron chi connectivity index (χ3n) is 7.29. The predicted octanol–water partition coefficient (Wildman–Crippen LogP) is 7.63. The van der Waals surface area contributed by atoms with Crippen LogP contribution in [0.1, 0.15) is 45.6 Å². The highest BCUT2D eigenvalue weighted by Crippen LogP contribution is 2.42. The molecule has 39 heavy (non-hydrogen) atoms. The van der Waals surface area contributed by atoms with Crippen LogP contribution in [-0.4, -0.2) is 26.1 Å². The van der Waals surface area contributed by atoms with Gasteiger partial charge >= 0.3 is 6.09 Å². The van der Waals surface area contributed by atoms with Crippen molar-refractivity contribution in [3.05, 3.63) is 103 Å². The minimum Gasteiger partial charge on any atom is -0.444 e. The van der Waals surface area contributed by atoms with Crippen molar-refractivity contribution in [3.8, 4) is 33.8 Å². The first-order chi connectivity index (χ1) is 18.8. The van der Waals surface area contributed by atoms with Crippen LogP contribution in [0.3, 0.4) is 0 Å². The fourth-order valence-corrected chi connectivity index (χ4v) is 5.27. The summed E-state index contributed by atoms with van der Waals surface area (Å²) in [7, 11) is 0. The molecule has 0 unspecified atom stereocenters. The maximum absolute atomic E-state index is 12.6. The summed E-state index contributed by atoms with van der Waals surface area (Å²) in [4.78, 5) is 22.2. The molecule has 0 aliphatic heterocycles. The van der Waals surface area contributed by atoms with E-state index in [-0.39, 0.29) is 11.6 Å². The number of hydrogen-bond donors (Lipinski definition) is 1. The molecule has 5 aromatic rings. The second-order valence-electron chi connectivity index (χ2n) is 11.2. The largest absolute Gasteiger partial charge is 0.444 e. The number of fused-ring (bicyclic) bond motifs is 1. The van der Waals surface area contributed by atoms with Crippen molar-refractivity contribution >= 4 is 11.7 Å². The zero-order valence-corrected chi connectivity index (χ0v) is 22.5. The molecule has 1 aliphatic rings. The van der Waals surface area contributed by atoms with Gasteiger partial charge < -0.3 is 10.1 Å². The minimum atomic E-state index is -0.535. The molecule has 1 aliphatic carbocycles. The molecule has 6 rings (SSSR count). The Kier molecular flexibility index (Phi) is 6.18. The van der Waals surface area contributed by atoms with Gasteiger partial charge in [-0.15, -0.1) is 0 Å². The fraction of sp³-hybridized carbons (Fsp3) is 0.242. The monoisotopic (exact) mass is 516 g/mol. The van der Waals surface area contributed by atoms with Crippen LogP contribution in [0.15, 0.2) is 97.3 Å². The summed E-state index contributed by atoms with van der Waals surface area (Å²) >= 11 is 0. The number of nitrogens with one attached hydrogen (secondary N) is 1. The molecule has 2 aromatic carbocycles. The van der Waals surface area contributed by atoms with Crippen LogP contribution >= 0.6 is 0 Å². The number of alkyl carbamates (subject to hydrolysis) is 1. The molecule has 6 heteroatoms. The molecule has 1 saturated carbocycles. The SMILES string of the molecule is CC(C)(C)OC(=O)NC1(c2ccc(-c3nc4cc(-c5ccccn5)ccn4c3-c3ccccc3)cc2)CCC1. The molecule has 196 valence electrons. The topological polar surface area (TPSA) is 68.5 Å². The molecule has 1 N–H and O–H groups in total. The van der Waals surface area contributed by atoms with Crippen molar-refractivity contribution in [2.45, 2.75) is 51.2 Å². The van der Waals surface area contributed by atoms with E-state index in [0.717, 1.165) is 64.2 Å². The number of carbonyl (C=O) groups excluding carboxylic acids is 1. The van der Waals surface area contributed by atoms with E-state index in [1.54, 1.807) is 6.20 Å². The Morgan fingerprint density at radius 2 is 1.64 bits per heavy atom. The molecule has 6 nitrogen and oxygen atoms in total. The lowest BCUT2D eigenvalue weighted by Gasteiger charge is -2.43. The van der Waals surface area contributed by atoms with Gasteiger partial charge in [0, 0.05) is 29.1 Å². The molecule has 0 radical (unpaired) electrons. The average molecular weight is 517 g/mol. The number of nitrogens with zero attached hydrogens (tertiary/aromatic N) is 3. The Balaban J connectivity index is 1.39. The summed E-state index contributed by atoms with van der Waals surface area (Å²) in [6.07, 6.45) is 6.36. The van der Waals surface area contributed by atoms with Crippen LogP contribution in [-0.2, 0) is 10.3 Å². The smallest absolute Gasteiger partial charge is 0.408 e. The van der Waals surface area contributed by atoms with E-state index in [9.17, 15) is 4.79 Å². The van der Waals surface area contributed by atoms with Gasteiger partial charge in [-0.25, -0.2) is 9.78 Å². The zero-order chi connectivity index (χ0) is 27.0. The summed E-state index contributed by atoms with van der Waals surface area (Å²) in [5, 5.41) is 3.16. The van der Waals surface area contributed by atoms with E-state index in [4.69, 9.17) is 9.72 Å². The number of amides is 1. The second-order valence-corrected chi connectivity index (χ2v) is 11.2. The van der Waals surface area contributed by atoms with Crippen LogP contribution < -0.4 is 5.32 Å². The molecule has 0 spiro atoms. The van der Waals surface area contributed by atoms with Gasteiger partial charge in [-0.1, -0.05) is 60.7 Å². The lowest BCUT2D eigenvalue weighted by molar-refractivity contribution is 0.0377. The lowest BCUT2D eigenvalue weighted by Crippen LogP contribution is -2.52. The number of imidazole rings is 1. The number of rotatable bonds is 5. The summed E-state index contributed by atoms with van der Waals surface area (Å²) < 4.78 is 7.70. The molecular formula is C33H32N4O2. The molecule has 0 atom stereocenters. The molecule has 1 amide bonds. The highest BCUT2D eigenvalue weighted by molar-refractivity contribution is 5.83. The normalized spacial score (nSPS) is 14.5. The predicted molar refractivity (Wildman–Crippen MR) is 154 cm³/mol. The lowest BCUT2D eigenvalue weighted by atomic mass is 9.71. The van der Waals surface area contributed by atoms with Gasteiger partial charge in [0.25, 0.3) is 0 Å². The van der Waals surface area contributed by atoms with E-state index < -0.39 is 5.60 Å². The van der Waals surface area contributed by atoms with E-state index in [2.05, 4.69) is 69.4 Å². The van der Waals surface area contributed by atoms with Gasteiger partial charge in [-0.05, 0) is 69.9 Å². The van der Waals surface area contributed by atoms with Gasteiger partial charge in [-0.2, -0.15) is 0 Å². The summed E-state index contributed by atoms with van der Waals surface area (Å²) in [6, 6.07) is 28.9. The number of hydrogen-bond acceptors (Lipinski definition) is 4. The molecule has 1 fully saturated rings. The van der Waals surface area contributed by atoms with Crippen molar-refractivity contribution in [2.24, 2.45) is 0 Å². The third kappa shape index (κ3) is 4.90. The van der Waals surface area contributed by atoms with Crippen molar-refractivity contribution in [3.63, 3.8) is 0 Å². The molecule has 0 saturated heterocycles. The van der Waals surface area contributed by atoms with Crippen LogP contribution in [0, 0.1) is 0 Å². The minimum absolute atomic E-state index is 0.373. The number of ether oxygens (including phenoxy) is 1. The number of benzene rings is 2. The van der Waals surface area contributed by atoms with Crippen LogP contribution in [0.4, 0.5) is 4.79 Å². The molecule has 3 aromatic heterocycles. The van der Waals surface area contributed by atoms with Crippen molar-refractivity contribution < 1.29 is 9.53 Å². The first-order valence-electron chi connectivity index (χ1n) is 13.4. The first-order valence-corrected chi connectivity index (χ1v) is 13.4. The Labute approximate surface area is 228 Å². The van der Waals surface area contributed by atoms with Gasteiger partial charge in [0.15, 0.2) is 0 Å². The van der Waals surface area contributed by atoms with E-state index in [0.29, 0.717) is 0 Å². The van der Waals surface area contributed by atoms with Crippen LogP contribution in [0.2, 0.25) is 0 Å². The fourth-order valence-electron chi connectivity index (χ4n) is 5.27. The van der Waals surface area contributed by atoms with Crippen LogP contribution in [0.25, 0.3) is 39.4 Å². The summed E-state index contributed by atoms with van der Waals surface area (Å²) in [5.74, 6) is 0. The van der Waals surface area contributed by atoms with E-state index in [1.165, 1.54) is 0 Å². The van der Waals surface area contributed by atoms with E-state index in [1.807, 2.05) is 57.2 Å². The maximum atomic E-state index is 12.6. The molecule has 0 bridgehead atoms. The Morgan fingerprint density at radius 3 is 2.28 bits per heavy atom. The molecule has 3 heterocycles. The molecular weight excluding hydrogens is 484 g/mol. The van der Waals surface area contributed by atoms with Crippen molar-refractivity contribution in [1.29, 1.82) is 0 Å². The van der Waals surface area contributed by atoms with Crippen LogP contribution in [0.5, 0.6) is 0 Å². The van der Waals surface area contributed by atoms with Gasteiger partial charge in [0.2, 0.25) is 0 Å². The van der Waals surface area contributed by atoms with Gasteiger partial charge in [-0.3, -0.25) is 9.38 Å². The number of aromatic nitrogens is 3. The standard InChI is InChI=1S/C33H32N4O2/c1-32(2,3)39-31(38)36-33(18-9-19-33)26-15-13-23(14-16-26)29-30(24-10-5-4-6-11-24)37-21-17-25(22-28(37)35-29)27-12-7-8-20-34-27/h4-8,10-17,20-22H,9,18-19H2,1-3H3,(H,36,38). The van der Waals surface area contributed by atoms with Crippen molar-refractivity contribution in [1.82, 2.24) is 19.7 Å². The van der Waals surface area contributed by atoms with Gasteiger partial charge in [0.05, 0.1) is 22.6 Å². The van der Waals surface area contributed by atoms with Gasteiger partial charge in [0.1, 0.15) is 11.2 Å². The Hall–Kier alpha value is -4.45. The zero-order valence-electron chi connectivity index (χ0n) is 22.5. The number of carbonyl (C=O) groups is 1. The maximum Gasteiger partial charge on any atom is 0.408 e. The quantitative estimate of drug-likeness (QED) is 0.261. The number of pyridine rings is 2. The highest BCUT2D eigenvalue weighted by atomic mass is 16.6. The first kappa shape index (κ1) is 24.9. The van der Waals surface area contributed by atoms with E-state index >= 15 is 0 Å². The Morgan fingerprint density at radius 1 is 0.897 bits per heavy atom. The highest BCUT2D eigenvalue weighted by Gasteiger charge is 2.41. The average Bonchev–Trinajstić information content (AvgIpc) is 3.30. The third-order valence-corrected chi connectivity index (χ3v) is 7.29. The summed E-state index contributed by atoms with van der Waals surface area (Å²) in [6.45, 7) is 5.65. The summed E-state index contributed by atoms with van der Waals surface area (Å²) in [5.41, 5.74) is 7.03. The van der Waals surface area contributed by atoms with Crippen molar-refractivity contribution in [2.75, 3.05) is 0 Å².